The standard InChI is InChI=1S/C22H27N5O3/c1-25(21(28)17-4-2-5-18(14-17)30-13-9-23)15-22(29)8-11-26(16-22)20-7-3-6-19-24-10-12-27(19)20/h2-7,10,12,14,29H,8-9,11,13,15-16,23H2,1H3/t22-/m0/s1. The van der Waals surface area contributed by atoms with E-state index < -0.39 is 5.60 Å². The SMILES string of the molecule is CN(C[C@@]1(O)CCN(c2cccc3nccn23)C1)C(=O)c1cccc(OCCN)c1. The zero-order valence-corrected chi connectivity index (χ0v) is 17.1. The quantitative estimate of drug-likeness (QED) is 0.612. The van der Waals surface area contributed by atoms with E-state index in [2.05, 4.69) is 9.88 Å². The number of hydrogen-bond donors (Lipinski definition) is 2. The Kier molecular flexibility index (Phi) is 5.61. The lowest BCUT2D eigenvalue weighted by Gasteiger charge is -2.29. The smallest absolute Gasteiger partial charge is 0.253 e. The fraction of sp³-hybridized carbons (Fsp3) is 0.364. The molecule has 3 N–H and O–H groups in total. The average molecular weight is 409 g/mol. The molecule has 1 amide bonds. The summed E-state index contributed by atoms with van der Waals surface area (Å²) in [6.45, 7) is 2.21. The van der Waals surface area contributed by atoms with Gasteiger partial charge in [-0.05, 0) is 36.8 Å². The molecule has 0 radical (unpaired) electrons. The van der Waals surface area contributed by atoms with Gasteiger partial charge in [0.1, 0.15) is 29.4 Å². The summed E-state index contributed by atoms with van der Waals surface area (Å²) >= 11 is 0. The number of β-amino-alcohol motifs (C(OH)–C–C–N with tert-alkyl or cyclic N) is 1. The Balaban J connectivity index is 1.44. The summed E-state index contributed by atoms with van der Waals surface area (Å²) in [5, 5.41) is 11.2. The third-order valence-corrected chi connectivity index (χ3v) is 5.41. The van der Waals surface area contributed by atoms with Crippen LogP contribution in [0.15, 0.2) is 54.9 Å². The molecule has 0 unspecified atom stereocenters. The average Bonchev–Trinajstić information content (AvgIpc) is 3.38. The van der Waals surface area contributed by atoms with Crippen molar-refractivity contribution in [1.29, 1.82) is 0 Å². The topological polar surface area (TPSA) is 96.3 Å². The molecule has 1 aliphatic rings. The monoisotopic (exact) mass is 409 g/mol. The van der Waals surface area contributed by atoms with E-state index in [0.29, 0.717) is 44.0 Å². The predicted molar refractivity (Wildman–Crippen MR) is 115 cm³/mol. The van der Waals surface area contributed by atoms with E-state index in [1.54, 1.807) is 42.4 Å². The highest BCUT2D eigenvalue weighted by molar-refractivity contribution is 5.94. The Morgan fingerprint density at radius 2 is 2.17 bits per heavy atom. The maximum Gasteiger partial charge on any atom is 0.253 e. The van der Waals surface area contributed by atoms with Gasteiger partial charge in [0.15, 0.2) is 0 Å². The summed E-state index contributed by atoms with van der Waals surface area (Å²) in [4.78, 5) is 20.9. The Hall–Kier alpha value is -3.10. The molecule has 1 saturated heterocycles. The van der Waals surface area contributed by atoms with Crippen molar-refractivity contribution in [2.75, 3.05) is 44.7 Å². The number of aliphatic hydroxyl groups is 1. The number of aromatic nitrogens is 2. The first kappa shape index (κ1) is 20.2. The lowest BCUT2D eigenvalue weighted by molar-refractivity contribution is 0.0264. The van der Waals surface area contributed by atoms with Crippen molar-refractivity contribution >= 4 is 17.4 Å². The number of amides is 1. The van der Waals surface area contributed by atoms with Crippen molar-refractivity contribution in [2.45, 2.75) is 12.0 Å². The Bertz CT molecular complexity index is 1040. The summed E-state index contributed by atoms with van der Waals surface area (Å²) in [6, 6.07) is 13.0. The molecule has 1 aromatic carbocycles. The van der Waals surface area contributed by atoms with Crippen LogP contribution in [0.5, 0.6) is 5.75 Å². The van der Waals surface area contributed by atoms with E-state index in [4.69, 9.17) is 10.5 Å². The largest absolute Gasteiger partial charge is 0.492 e. The van der Waals surface area contributed by atoms with Gasteiger partial charge in [-0.15, -0.1) is 0 Å². The molecule has 2 aromatic heterocycles. The molecule has 0 aliphatic carbocycles. The first-order chi connectivity index (χ1) is 14.5. The number of hydrogen-bond acceptors (Lipinski definition) is 6. The van der Waals surface area contributed by atoms with Crippen LogP contribution in [-0.4, -0.2) is 70.7 Å². The molecule has 0 saturated carbocycles. The van der Waals surface area contributed by atoms with Crippen LogP contribution >= 0.6 is 0 Å². The van der Waals surface area contributed by atoms with E-state index in [1.807, 2.05) is 28.8 Å². The van der Waals surface area contributed by atoms with Gasteiger partial charge in [-0.2, -0.15) is 0 Å². The maximum absolute atomic E-state index is 12.9. The first-order valence-electron chi connectivity index (χ1n) is 10.1. The zero-order valence-electron chi connectivity index (χ0n) is 17.1. The van der Waals surface area contributed by atoms with E-state index in [-0.39, 0.29) is 12.5 Å². The van der Waals surface area contributed by atoms with Crippen molar-refractivity contribution in [3.8, 4) is 5.75 Å². The second-order valence-electron chi connectivity index (χ2n) is 7.76. The number of nitrogens with two attached hydrogens (primary N) is 1. The number of nitrogens with zero attached hydrogens (tertiary/aromatic N) is 4. The highest BCUT2D eigenvalue weighted by Gasteiger charge is 2.38. The molecule has 0 spiro atoms. The molecule has 3 aromatic rings. The summed E-state index contributed by atoms with van der Waals surface area (Å²) < 4.78 is 7.52. The second kappa shape index (κ2) is 8.33. The number of pyridine rings is 1. The van der Waals surface area contributed by atoms with Crippen LogP contribution in [-0.2, 0) is 0 Å². The summed E-state index contributed by atoms with van der Waals surface area (Å²) in [6.07, 6.45) is 4.26. The molecule has 8 heteroatoms. The van der Waals surface area contributed by atoms with E-state index in [1.165, 1.54) is 0 Å². The van der Waals surface area contributed by atoms with Crippen LogP contribution in [0.3, 0.4) is 0 Å². The molecule has 1 atom stereocenters. The Labute approximate surface area is 175 Å². The maximum atomic E-state index is 12.9. The predicted octanol–water partition coefficient (Wildman–Crippen LogP) is 1.39. The number of likely N-dealkylation sites (N-methyl/N-ethyl adjacent to an activating group) is 1. The third kappa shape index (κ3) is 4.10. The Morgan fingerprint density at radius 3 is 3.00 bits per heavy atom. The van der Waals surface area contributed by atoms with Crippen molar-refractivity contribution < 1.29 is 14.6 Å². The van der Waals surface area contributed by atoms with Crippen LogP contribution in [0.25, 0.3) is 5.65 Å². The van der Waals surface area contributed by atoms with Gasteiger partial charge in [-0.25, -0.2) is 4.98 Å². The highest BCUT2D eigenvalue weighted by Crippen LogP contribution is 2.28. The molecule has 158 valence electrons. The summed E-state index contributed by atoms with van der Waals surface area (Å²) in [5.41, 5.74) is 5.87. The van der Waals surface area contributed by atoms with E-state index >= 15 is 0 Å². The number of benzene rings is 1. The normalized spacial score (nSPS) is 18.7. The second-order valence-corrected chi connectivity index (χ2v) is 7.76. The van der Waals surface area contributed by atoms with Crippen LogP contribution < -0.4 is 15.4 Å². The third-order valence-electron chi connectivity index (χ3n) is 5.41. The molecule has 8 nitrogen and oxygen atoms in total. The minimum absolute atomic E-state index is 0.156. The van der Waals surface area contributed by atoms with Gasteiger partial charge in [0.2, 0.25) is 0 Å². The highest BCUT2D eigenvalue weighted by atomic mass is 16.5. The van der Waals surface area contributed by atoms with Crippen molar-refractivity contribution in [3.05, 3.63) is 60.4 Å². The molecule has 1 aliphatic heterocycles. The number of ether oxygens (including phenoxy) is 1. The number of imidazole rings is 1. The van der Waals surface area contributed by atoms with Crippen molar-refractivity contribution in [2.24, 2.45) is 5.73 Å². The number of anilines is 1. The van der Waals surface area contributed by atoms with Crippen molar-refractivity contribution in [1.82, 2.24) is 14.3 Å². The van der Waals surface area contributed by atoms with Crippen molar-refractivity contribution in [3.63, 3.8) is 0 Å². The van der Waals surface area contributed by atoms with E-state index in [9.17, 15) is 9.90 Å². The van der Waals surface area contributed by atoms with Gasteiger partial charge in [0.25, 0.3) is 5.91 Å². The lowest BCUT2D eigenvalue weighted by Crippen LogP contribution is -2.46. The van der Waals surface area contributed by atoms with Gasteiger partial charge >= 0.3 is 0 Å². The molecule has 30 heavy (non-hydrogen) atoms. The molecule has 4 rings (SSSR count). The molecular weight excluding hydrogens is 382 g/mol. The lowest BCUT2D eigenvalue weighted by atomic mass is 10.0. The van der Waals surface area contributed by atoms with Crippen LogP contribution in [0.2, 0.25) is 0 Å². The minimum atomic E-state index is -0.985. The number of carbonyl (C=O) groups is 1. The van der Waals surface area contributed by atoms with Gasteiger partial charge in [-0.1, -0.05) is 12.1 Å². The van der Waals surface area contributed by atoms with Gasteiger partial charge in [0.05, 0.1) is 6.54 Å². The summed E-state index contributed by atoms with van der Waals surface area (Å²) in [5.74, 6) is 1.44. The van der Waals surface area contributed by atoms with Crippen LogP contribution in [0.4, 0.5) is 5.82 Å². The number of fused-ring (bicyclic) bond motifs is 1. The molecular formula is C22H27N5O3. The fourth-order valence-corrected chi connectivity index (χ4v) is 4.00. The number of rotatable bonds is 7. The van der Waals surface area contributed by atoms with Gasteiger partial charge in [-0.3, -0.25) is 9.20 Å². The Morgan fingerprint density at radius 1 is 1.33 bits per heavy atom. The summed E-state index contributed by atoms with van der Waals surface area (Å²) in [7, 11) is 1.72. The zero-order chi connectivity index (χ0) is 21.1. The van der Waals surface area contributed by atoms with E-state index in [0.717, 1.165) is 11.5 Å². The van der Waals surface area contributed by atoms with Crippen LogP contribution in [0, 0.1) is 0 Å². The van der Waals surface area contributed by atoms with Gasteiger partial charge < -0.3 is 25.4 Å². The molecule has 0 bridgehead atoms. The van der Waals surface area contributed by atoms with Gasteiger partial charge in [0, 0.05) is 44.6 Å². The minimum Gasteiger partial charge on any atom is -0.492 e. The fourth-order valence-electron chi connectivity index (χ4n) is 4.00. The first-order valence-corrected chi connectivity index (χ1v) is 10.1. The number of carbonyl (C=O) groups excluding carboxylic acids is 1. The molecule has 1 fully saturated rings. The molecule has 3 heterocycles. The van der Waals surface area contributed by atoms with Crippen LogP contribution in [0.1, 0.15) is 16.8 Å².